The van der Waals surface area contributed by atoms with Gasteiger partial charge in [0.05, 0.1) is 23.4 Å². The summed E-state index contributed by atoms with van der Waals surface area (Å²) in [7, 11) is 0. The number of hydrogen-bond acceptors (Lipinski definition) is 5. The molecule has 8 heteroatoms. The van der Waals surface area contributed by atoms with Gasteiger partial charge in [-0.25, -0.2) is 4.79 Å². The highest BCUT2D eigenvalue weighted by molar-refractivity contribution is 6.08. The van der Waals surface area contributed by atoms with Gasteiger partial charge >= 0.3 is 12.1 Å². The maximum Gasteiger partial charge on any atom is 0.433 e. The van der Waals surface area contributed by atoms with E-state index in [0.717, 1.165) is 28.3 Å². The zero-order chi connectivity index (χ0) is 24.3. The number of alkyl halides is 3. The minimum atomic E-state index is -4.47. The summed E-state index contributed by atoms with van der Waals surface area (Å²) in [5.41, 5.74) is 3.67. The number of nitrogens with zero attached hydrogens (tertiary/aromatic N) is 2. The highest BCUT2D eigenvalue weighted by atomic mass is 19.4. The van der Waals surface area contributed by atoms with Gasteiger partial charge in [0.1, 0.15) is 5.69 Å². The van der Waals surface area contributed by atoms with Gasteiger partial charge in [-0.2, -0.15) is 13.2 Å². The van der Waals surface area contributed by atoms with E-state index in [-0.39, 0.29) is 13.2 Å². The van der Waals surface area contributed by atoms with Crippen LogP contribution in [0.5, 0.6) is 0 Å². The fourth-order valence-electron chi connectivity index (χ4n) is 3.75. The number of ether oxygens (including phenoxy) is 1. The third-order valence-corrected chi connectivity index (χ3v) is 5.32. The molecule has 0 bridgehead atoms. The number of pyridine rings is 2. The molecule has 34 heavy (non-hydrogen) atoms. The van der Waals surface area contributed by atoms with E-state index in [0.29, 0.717) is 22.3 Å². The summed E-state index contributed by atoms with van der Waals surface area (Å²) in [6.07, 6.45) is -3.27. The van der Waals surface area contributed by atoms with Crippen LogP contribution in [0.4, 0.5) is 18.9 Å². The maximum atomic E-state index is 12.8. The molecule has 0 amide bonds. The Morgan fingerprint density at radius 2 is 1.82 bits per heavy atom. The molecule has 0 aliphatic carbocycles. The minimum Gasteiger partial charge on any atom is -0.462 e. The smallest absolute Gasteiger partial charge is 0.433 e. The number of nitrogens with one attached hydrogen (secondary N) is 1. The van der Waals surface area contributed by atoms with E-state index in [1.165, 1.54) is 12.3 Å². The van der Waals surface area contributed by atoms with Crippen LogP contribution < -0.4 is 5.32 Å². The molecular weight excluding hydrogens is 443 g/mol. The minimum absolute atomic E-state index is 0.243. The number of anilines is 1. The molecule has 0 radical (unpaired) electrons. The molecule has 2 aromatic carbocycles. The van der Waals surface area contributed by atoms with Crippen molar-refractivity contribution in [1.82, 2.24) is 9.97 Å². The fraction of sp³-hybridized carbons (Fsp3) is 0.192. The predicted octanol–water partition coefficient (Wildman–Crippen LogP) is 6.41. The van der Waals surface area contributed by atoms with Crippen LogP contribution in [0.3, 0.4) is 0 Å². The lowest BCUT2D eigenvalue weighted by atomic mass is 9.94. The average molecular weight is 465 g/mol. The highest BCUT2D eigenvalue weighted by Crippen LogP contribution is 2.35. The molecule has 0 spiro atoms. The fourth-order valence-corrected chi connectivity index (χ4v) is 3.75. The van der Waals surface area contributed by atoms with Crippen molar-refractivity contribution in [2.75, 3.05) is 11.9 Å². The van der Waals surface area contributed by atoms with Crippen molar-refractivity contribution in [3.05, 3.63) is 89.4 Å². The lowest BCUT2D eigenvalue weighted by molar-refractivity contribution is -0.141. The Balaban J connectivity index is 1.73. The number of fused-ring (bicyclic) bond motifs is 1. The second kappa shape index (κ2) is 9.51. The van der Waals surface area contributed by atoms with Crippen molar-refractivity contribution in [3.63, 3.8) is 0 Å². The van der Waals surface area contributed by atoms with E-state index in [4.69, 9.17) is 4.74 Å². The van der Waals surface area contributed by atoms with Gasteiger partial charge in [0.25, 0.3) is 0 Å². The van der Waals surface area contributed by atoms with Gasteiger partial charge in [0.2, 0.25) is 0 Å². The number of halogens is 3. The number of aromatic nitrogens is 2. The number of aryl methyl sites for hydroxylation is 1. The number of hydrogen-bond donors (Lipinski definition) is 1. The summed E-state index contributed by atoms with van der Waals surface area (Å²) >= 11 is 0. The molecule has 2 heterocycles. The van der Waals surface area contributed by atoms with Crippen LogP contribution >= 0.6 is 0 Å². The summed E-state index contributed by atoms with van der Waals surface area (Å²) in [4.78, 5) is 20.9. The van der Waals surface area contributed by atoms with Crippen molar-refractivity contribution in [1.29, 1.82) is 0 Å². The second-order valence-electron chi connectivity index (χ2n) is 7.67. The molecule has 0 saturated carbocycles. The lowest BCUT2D eigenvalue weighted by Crippen LogP contribution is -2.11. The maximum absolute atomic E-state index is 12.8. The number of carbonyl (C=O) groups excluding carboxylic acids is 1. The Hall–Kier alpha value is -3.94. The van der Waals surface area contributed by atoms with Crippen molar-refractivity contribution < 1.29 is 22.7 Å². The van der Waals surface area contributed by atoms with Crippen molar-refractivity contribution in [2.24, 2.45) is 0 Å². The SMILES string of the molecule is CCOC(=O)c1c(C)nc2ccc(NCc3ccc(C(F)(F)F)nc3)cc2c1-c1ccccc1. The van der Waals surface area contributed by atoms with Gasteiger partial charge in [-0.15, -0.1) is 0 Å². The van der Waals surface area contributed by atoms with Gasteiger partial charge < -0.3 is 10.1 Å². The number of rotatable bonds is 6. The normalized spacial score (nSPS) is 11.4. The molecule has 4 aromatic rings. The van der Waals surface area contributed by atoms with Crippen molar-refractivity contribution >= 4 is 22.6 Å². The Labute approximate surface area is 194 Å². The van der Waals surface area contributed by atoms with Crippen LogP contribution in [0.25, 0.3) is 22.0 Å². The quantitative estimate of drug-likeness (QED) is 0.333. The van der Waals surface area contributed by atoms with Gasteiger partial charge in [-0.05, 0) is 49.2 Å². The summed E-state index contributed by atoms with van der Waals surface area (Å²) in [6, 6.07) is 17.4. The highest BCUT2D eigenvalue weighted by Gasteiger charge is 2.32. The summed E-state index contributed by atoms with van der Waals surface area (Å²) < 4.78 is 43.5. The molecular formula is C26H22F3N3O2. The monoisotopic (exact) mass is 465 g/mol. The van der Waals surface area contributed by atoms with Crippen LogP contribution in [-0.2, 0) is 17.5 Å². The molecule has 0 aliphatic rings. The van der Waals surface area contributed by atoms with Gasteiger partial charge in [0.15, 0.2) is 0 Å². The third-order valence-electron chi connectivity index (χ3n) is 5.32. The molecule has 0 fully saturated rings. The first-order valence-corrected chi connectivity index (χ1v) is 10.7. The van der Waals surface area contributed by atoms with E-state index in [1.54, 1.807) is 13.8 Å². The first kappa shape index (κ1) is 23.2. The molecule has 0 saturated heterocycles. The molecule has 5 nitrogen and oxygen atoms in total. The Morgan fingerprint density at radius 3 is 2.47 bits per heavy atom. The van der Waals surface area contributed by atoms with E-state index in [2.05, 4.69) is 15.3 Å². The van der Waals surface area contributed by atoms with Crippen LogP contribution in [-0.4, -0.2) is 22.5 Å². The molecule has 1 N–H and O–H groups in total. The molecule has 174 valence electrons. The molecule has 4 rings (SSSR count). The zero-order valence-corrected chi connectivity index (χ0v) is 18.6. The second-order valence-corrected chi connectivity index (χ2v) is 7.67. The van der Waals surface area contributed by atoms with E-state index < -0.39 is 17.8 Å². The van der Waals surface area contributed by atoms with Gasteiger partial charge in [0, 0.05) is 29.4 Å². The molecule has 0 unspecified atom stereocenters. The van der Waals surface area contributed by atoms with E-state index in [1.807, 2.05) is 48.5 Å². The van der Waals surface area contributed by atoms with Gasteiger partial charge in [-0.3, -0.25) is 9.97 Å². The Bertz CT molecular complexity index is 1320. The summed E-state index contributed by atoms with van der Waals surface area (Å²) in [5.74, 6) is -0.442. The summed E-state index contributed by atoms with van der Waals surface area (Å²) in [6.45, 7) is 4.05. The largest absolute Gasteiger partial charge is 0.462 e. The number of carbonyl (C=O) groups is 1. The molecule has 0 aliphatic heterocycles. The topological polar surface area (TPSA) is 64.1 Å². The van der Waals surface area contributed by atoms with Crippen LogP contribution in [0.2, 0.25) is 0 Å². The average Bonchev–Trinajstić information content (AvgIpc) is 2.82. The summed E-state index contributed by atoms with van der Waals surface area (Å²) in [5, 5.41) is 3.97. The zero-order valence-electron chi connectivity index (χ0n) is 18.6. The lowest BCUT2D eigenvalue weighted by Gasteiger charge is -2.16. The van der Waals surface area contributed by atoms with Gasteiger partial charge in [-0.1, -0.05) is 36.4 Å². The number of esters is 1. The molecule has 0 atom stereocenters. The Morgan fingerprint density at radius 1 is 1.06 bits per heavy atom. The van der Waals surface area contributed by atoms with Crippen molar-refractivity contribution in [2.45, 2.75) is 26.6 Å². The first-order valence-electron chi connectivity index (χ1n) is 10.7. The van der Waals surface area contributed by atoms with Crippen molar-refractivity contribution in [3.8, 4) is 11.1 Å². The molecule has 2 aromatic heterocycles. The van der Waals surface area contributed by atoms with E-state index >= 15 is 0 Å². The first-order chi connectivity index (χ1) is 16.3. The number of benzene rings is 2. The Kier molecular flexibility index (Phi) is 6.49. The third kappa shape index (κ3) is 4.85. The van der Waals surface area contributed by atoms with E-state index in [9.17, 15) is 18.0 Å². The van der Waals surface area contributed by atoms with Crippen LogP contribution in [0.15, 0.2) is 66.9 Å². The predicted molar refractivity (Wildman–Crippen MR) is 124 cm³/mol. The van der Waals surface area contributed by atoms with Crippen LogP contribution in [0, 0.1) is 6.92 Å². The standard InChI is InChI=1S/C26H22F3N3O2/c1-3-34-25(33)23-16(2)32-21-11-10-19(13-20(21)24(23)18-7-5-4-6-8-18)30-14-17-9-12-22(31-15-17)26(27,28)29/h4-13,15,30H,3,14H2,1-2H3. The van der Waals surface area contributed by atoms with Crippen LogP contribution in [0.1, 0.15) is 34.2 Å².